The number of halogens is 1. The van der Waals surface area contributed by atoms with Crippen LogP contribution in [0.3, 0.4) is 0 Å². The van der Waals surface area contributed by atoms with E-state index >= 15 is 0 Å². The summed E-state index contributed by atoms with van der Waals surface area (Å²) >= 11 is 6.12. The quantitative estimate of drug-likeness (QED) is 0.779. The Morgan fingerprint density at radius 1 is 1.21 bits per heavy atom. The number of fused-ring (bicyclic) bond motifs is 1. The van der Waals surface area contributed by atoms with Gasteiger partial charge in [-0.1, -0.05) is 29.8 Å². The van der Waals surface area contributed by atoms with Crippen molar-refractivity contribution >= 4 is 28.9 Å². The molecule has 0 spiro atoms. The summed E-state index contributed by atoms with van der Waals surface area (Å²) in [6.45, 7) is 4.59. The van der Waals surface area contributed by atoms with Gasteiger partial charge < -0.3 is 16.0 Å². The number of benzene rings is 2. The summed E-state index contributed by atoms with van der Waals surface area (Å²) in [6.07, 6.45) is 0.834. The second kappa shape index (κ2) is 6.73. The van der Waals surface area contributed by atoms with Gasteiger partial charge >= 0.3 is 0 Å². The lowest BCUT2D eigenvalue weighted by Gasteiger charge is -2.32. The highest BCUT2D eigenvalue weighted by Crippen LogP contribution is 2.32. The van der Waals surface area contributed by atoms with Gasteiger partial charge in [0.15, 0.2) is 0 Å². The molecule has 1 atom stereocenters. The lowest BCUT2D eigenvalue weighted by atomic mass is 9.96. The Bertz CT molecular complexity index is 731. The van der Waals surface area contributed by atoms with Crippen molar-refractivity contribution < 1.29 is 4.79 Å². The van der Waals surface area contributed by atoms with Crippen LogP contribution in [-0.2, 0) is 4.79 Å². The molecule has 3 N–H and O–H groups in total. The van der Waals surface area contributed by atoms with Crippen LogP contribution in [0.15, 0.2) is 48.5 Å². The van der Waals surface area contributed by atoms with Crippen molar-refractivity contribution in [2.24, 2.45) is 0 Å². The molecule has 1 amide bonds. The first-order chi connectivity index (χ1) is 11.5. The first kappa shape index (κ1) is 16.7. The highest BCUT2D eigenvalue weighted by atomic mass is 35.5. The molecule has 0 saturated carbocycles. The molecule has 1 unspecified atom stereocenters. The third-order valence-corrected chi connectivity index (χ3v) is 4.48. The van der Waals surface area contributed by atoms with Gasteiger partial charge in [-0.15, -0.1) is 0 Å². The largest absolute Gasteiger partial charge is 0.385 e. The summed E-state index contributed by atoms with van der Waals surface area (Å²) in [6, 6.07) is 15.5. The van der Waals surface area contributed by atoms with Gasteiger partial charge in [0.25, 0.3) is 0 Å². The van der Waals surface area contributed by atoms with Crippen molar-refractivity contribution in [1.82, 2.24) is 5.32 Å². The maximum absolute atomic E-state index is 12.8. The first-order valence-corrected chi connectivity index (χ1v) is 8.51. The molecule has 2 aromatic rings. The molecular weight excluding hydrogens is 322 g/mol. The predicted molar refractivity (Wildman–Crippen MR) is 99.6 cm³/mol. The van der Waals surface area contributed by atoms with Crippen LogP contribution in [0.4, 0.5) is 11.4 Å². The molecule has 5 heteroatoms. The fourth-order valence-electron chi connectivity index (χ4n) is 2.92. The highest BCUT2D eigenvalue weighted by Gasteiger charge is 2.31. The molecule has 0 fully saturated rings. The number of hydrogen-bond acceptors (Lipinski definition) is 3. The summed E-state index contributed by atoms with van der Waals surface area (Å²) in [5.41, 5.74) is 2.28. The second-order valence-electron chi connectivity index (χ2n) is 6.59. The van der Waals surface area contributed by atoms with E-state index < -0.39 is 5.54 Å². The number of amides is 1. The number of nitrogens with one attached hydrogen (secondary N) is 3. The smallest absolute Gasteiger partial charge is 0.245 e. The molecule has 3 rings (SSSR count). The summed E-state index contributed by atoms with van der Waals surface area (Å²) in [7, 11) is 0. The summed E-state index contributed by atoms with van der Waals surface area (Å²) < 4.78 is 0. The Morgan fingerprint density at radius 2 is 1.96 bits per heavy atom. The molecule has 0 aliphatic carbocycles. The van der Waals surface area contributed by atoms with E-state index in [4.69, 9.17) is 11.6 Å². The van der Waals surface area contributed by atoms with Crippen LogP contribution < -0.4 is 16.0 Å². The Kier molecular flexibility index (Phi) is 4.67. The molecule has 0 radical (unpaired) electrons. The number of para-hydroxylation sites is 1. The van der Waals surface area contributed by atoms with Gasteiger partial charge in [-0.3, -0.25) is 4.79 Å². The average Bonchev–Trinajstić information content (AvgIpc) is 2.56. The fourth-order valence-corrected chi connectivity index (χ4v) is 3.10. The van der Waals surface area contributed by atoms with Gasteiger partial charge in [0.1, 0.15) is 5.54 Å². The lowest BCUT2D eigenvalue weighted by molar-refractivity contribution is -0.125. The Hall–Kier alpha value is -2.20. The van der Waals surface area contributed by atoms with E-state index in [2.05, 4.69) is 16.0 Å². The standard InChI is InChI=1S/C19H22ClN3O/c1-19(2,23-14-6-4-3-5-7-14)18(24)22-17-10-11-21-16-9-8-13(20)12-15(16)17/h3-9,12,17,21,23H,10-11H2,1-2H3,(H,22,24). The SMILES string of the molecule is CC(C)(Nc1ccccc1)C(=O)NC1CCNc2ccc(Cl)cc21. The fraction of sp³-hybridized carbons (Fsp3) is 0.316. The summed E-state index contributed by atoms with van der Waals surface area (Å²) in [4.78, 5) is 12.8. The predicted octanol–water partition coefficient (Wildman–Crippen LogP) is 4.20. The topological polar surface area (TPSA) is 53.2 Å². The zero-order chi connectivity index (χ0) is 17.2. The van der Waals surface area contributed by atoms with Crippen LogP contribution in [-0.4, -0.2) is 18.0 Å². The number of rotatable bonds is 4. The Morgan fingerprint density at radius 3 is 2.71 bits per heavy atom. The van der Waals surface area contributed by atoms with E-state index in [0.717, 1.165) is 29.9 Å². The monoisotopic (exact) mass is 343 g/mol. The molecule has 4 nitrogen and oxygen atoms in total. The van der Waals surface area contributed by atoms with Crippen LogP contribution in [0, 0.1) is 0 Å². The molecule has 24 heavy (non-hydrogen) atoms. The highest BCUT2D eigenvalue weighted by molar-refractivity contribution is 6.30. The number of carbonyl (C=O) groups excluding carboxylic acids is 1. The van der Waals surface area contributed by atoms with Gasteiger partial charge in [0.05, 0.1) is 6.04 Å². The third kappa shape index (κ3) is 3.65. The van der Waals surface area contributed by atoms with Crippen LogP contribution in [0.5, 0.6) is 0 Å². The minimum Gasteiger partial charge on any atom is -0.385 e. The number of carbonyl (C=O) groups is 1. The van der Waals surface area contributed by atoms with Gasteiger partial charge in [0.2, 0.25) is 5.91 Å². The molecule has 0 saturated heterocycles. The van der Waals surface area contributed by atoms with Gasteiger partial charge in [-0.25, -0.2) is 0 Å². The van der Waals surface area contributed by atoms with Gasteiger partial charge in [0, 0.05) is 22.9 Å². The zero-order valence-electron chi connectivity index (χ0n) is 13.9. The van der Waals surface area contributed by atoms with Crippen LogP contribution in [0.25, 0.3) is 0 Å². The maximum Gasteiger partial charge on any atom is 0.245 e. The molecule has 1 heterocycles. The molecule has 0 aromatic heterocycles. The maximum atomic E-state index is 12.8. The first-order valence-electron chi connectivity index (χ1n) is 8.13. The van der Waals surface area contributed by atoms with Gasteiger partial charge in [-0.2, -0.15) is 0 Å². The molecular formula is C19H22ClN3O. The van der Waals surface area contributed by atoms with E-state index in [1.165, 1.54) is 0 Å². The van der Waals surface area contributed by atoms with E-state index in [1.807, 2.05) is 62.4 Å². The number of anilines is 2. The molecule has 0 bridgehead atoms. The van der Waals surface area contributed by atoms with E-state index in [1.54, 1.807) is 0 Å². The molecule has 2 aromatic carbocycles. The van der Waals surface area contributed by atoms with Crippen molar-refractivity contribution in [2.75, 3.05) is 17.2 Å². The summed E-state index contributed by atoms with van der Waals surface area (Å²) in [5, 5.41) is 10.5. The van der Waals surface area contributed by atoms with Crippen molar-refractivity contribution in [3.8, 4) is 0 Å². The average molecular weight is 344 g/mol. The van der Waals surface area contributed by atoms with Gasteiger partial charge in [-0.05, 0) is 56.2 Å². The van der Waals surface area contributed by atoms with Crippen LogP contribution >= 0.6 is 11.6 Å². The van der Waals surface area contributed by atoms with Crippen molar-refractivity contribution in [3.05, 3.63) is 59.1 Å². The zero-order valence-corrected chi connectivity index (χ0v) is 14.7. The molecule has 1 aliphatic rings. The molecule has 1 aliphatic heterocycles. The minimum absolute atomic E-state index is 0.0377. The van der Waals surface area contributed by atoms with Crippen molar-refractivity contribution in [3.63, 3.8) is 0 Å². The summed E-state index contributed by atoms with van der Waals surface area (Å²) in [5.74, 6) is -0.0378. The van der Waals surface area contributed by atoms with E-state index in [-0.39, 0.29) is 11.9 Å². The Balaban J connectivity index is 1.74. The van der Waals surface area contributed by atoms with Crippen molar-refractivity contribution in [2.45, 2.75) is 31.8 Å². The van der Waals surface area contributed by atoms with Crippen LogP contribution in [0.1, 0.15) is 31.9 Å². The number of hydrogen-bond donors (Lipinski definition) is 3. The third-order valence-electron chi connectivity index (χ3n) is 4.24. The lowest BCUT2D eigenvalue weighted by Crippen LogP contribution is -2.49. The van der Waals surface area contributed by atoms with E-state index in [9.17, 15) is 4.79 Å². The van der Waals surface area contributed by atoms with Crippen LogP contribution in [0.2, 0.25) is 5.02 Å². The minimum atomic E-state index is -0.717. The van der Waals surface area contributed by atoms with E-state index in [0.29, 0.717) is 5.02 Å². The van der Waals surface area contributed by atoms with Crippen molar-refractivity contribution in [1.29, 1.82) is 0 Å². The molecule has 126 valence electrons. The normalized spacial score (nSPS) is 16.7. The second-order valence-corrected chi connectivity index (χ2v) is 7.03. The Labute approximate surface area is 147 Å².